The zero-order valence-corrected chi connectivity index (χ0v) is 14.2. The average Bonchev–Trinajstić information content (AvgIpc) is 2.77. The van der Waals surface area contributed by atoms with Crippen LogP contribution in [-0.4, -0.2) is 11.0 Å². The molecular formula is C18H20ClNO3. The summed E-state index contributed by atoms with van der Waals surface area (Å²) < 4.78 is 5.80. The van der Waals surface area contributed by atoms with Crippen LogP contribution in [0.4, 0.5) is 5.69 Å². The number of aliphatic hydroxyl groups excluding tert-OH is 1. The topological polar surface area (TPSA) is 62.5 Å². The van der Waals surface area contributed by atoms with E-state index in [1.165, 1.54) is 0 Å². The fourth-order valence-corrected chi connectivity index (χ4v) is 3.35. The van der Waals surface area contributed by atoms with Crippen LogP contribution in [0, 0.1) is 12.3 Å². The van der Waals surface area contributed by atoms with Gasteiger partial charge in [-0.1, -0.05) is 25.4 Å². The number of fused-ring (bicyclic) bond motifs is 1. The lowest BCUT2D eigenvalue weighted by molar-refractivity contribution is 0.0910. The summed E-state index contributed by atoms with van der Waals surface area (Å²) in [5, 5.41) is 13.8. The van der Waals surface area contributed by atoms with Crippen molar-refractivity contribution in [3.05, 3.63) is 51.9 Å². The number of benzene rings is 1. The van der Waals surface area contributed by atoms with Gasteiger partial charge in [0, 0.05) is 28.3 Å². The van der Waals surface area contributed by atoms with Crippen molar-refractivity contribution in [2.75, 3.05) is 5.32 Å². The smallest absolute Gasteiger partial charge is 0.291 e. The number of carbonyl (C=O) groups excluding carboxylic acids is 1. The first kappa shape index (κ1) is 16.1. The molecule has 2 aromatic rings. The number of hydrogen-bond acceptors (Lipinski definition) is 3. The number of furan rings is 1. The number of aliphatic hydroxyl groups is 1. The standard InChI is InChI=1S/C18H20ClNO3/c1-10-15-13(21)8-18(2,3)9-14(15)23-16(10)17(22)20-12-6-4-11(19)5-7-12/h4-7,13,21H,8-9H2,1-3H3,(H,20,22)/t13-/m1/s1. The molecule has 5 heteroatoms. The van der Waals surface area contributed by atoms with Crippen LogP contribution in [0.15, 0.2) is 28.7 Å². The minimum absolute atomic E-state index is 0.0410. The van der Waals surface area contributed by atoms with Crippen molar-refractivity contribution >= 4 is 23.2 Å². The number of carbonyl (C=O) groups is 1. The number of halogens is 1. The maximum Gasteiger partial charge on any atom is 0.291 e. The minimum atomic E-state index is -0.588. The van der Waals surface area contributed by atoms with Gasteiger partial charge in [0.25, 0.3) is 5.91 Å². The molecule has 0 fully saturated rings. The Labute approximate surface area is 140 Å². The summed E-state index contributed by atoms with van der Waals surface area (Å²) in [5.41, 5.74) is 2.09. The molecule has 0 saturated heterocycles. The molecule has 1 atom stereocenters. The average molecular weight is 334 g/mol. The second kappa shape index (κ2) is 5.69. The Kier molecular flexibility index (Phi) is 3.98. The molecule has 1 amide bonds. The number of hydrogen-bond donors (Lipinski definition) is 2. The summed E-state index contributed by atoms with van der Waals surface area (Å²) in [6.07, 6.45) is 0.794. The van der Waals surface area contributed by atoms with E-state index >= 15 is 0 Å². The van der Waals surface area contributed by atoms with E-state index in [-0.39, 0.29) is 17.1 Å². The van der Waals surface area contributed by atoms with Crippen LogP contribution < -0.4 is 5.32 Å². The van der Waals surface area contributed by atoms with Gasteiger partial charge in [0.1, 0.15) is 5.76 Å². The van der Waals surface area contributed by atoms with Gasteiger partial charge in [0.15, 0.2) is 5.76 Å². The van der Waals surface area contributed by atoms with E-state index in [9.17, 15) is 9.90 Å². The fraction of sp³-hybridized carbons (Fsp3) is 0.389. The molecule has 0 bridgehead atoms. The highest BCUT2D eigenvalue weighted by Gasteiger charge is 2.37. The molecule has 0 radical (unpaired) electrons. The van der Waals surface area contributed by atoms with E-state index in [4.69, 9.17) is 16.0 Å². The molecule has 0 aliphatic heterocycles. The predicted molar refractivity (Wildman–Crippen MR) is 89.9 cm³/mol. The molecule has 3 rings (SSSR count). The summed E-state index contributed by atoms with van der Waals surface area (Å²) in [5.74, 6) is 0.665. The summed E-state index contributed by atoms with van der Waals surface area (Å²) in [6.45, 7) is 6.00. The SMILES string of the molecule is Cc1c(C(=O)Nc2ccc(Cl)cc2)oc2c1[C@H](O)CC(C)(C)C2. The van der Waals surface area contributed by atoms with Crippen LogP contribution in [-0.2, 0) is 6.42 Å². The monoisotopic (exact) mass is 333 g/mol. The Morgan fingerprint density at radius 3 is 2.65 bits per heavy atom. The lowest BCUT2D eigenvalue weighted by Gasteiger charge is -2.31. The van der Waals surface area contributed by atoms with Crippen LogP contribution in [0.25, 0.3) is 0 Å². The molecule has 4 nitrogen and oxygen atoms in total. The van der Waals surface area contributed by atoms with Crippen molar-refractivity contribution in [1.82, 2.24) is 0 Å². The highest BCUT2D eigenvalue weighted by Crippen LogP contribution is 2.44. The van der Waals surface area contributed by atoms with E-state index < -0.39 is 6.10 Å². The van der Waals surface area contributed by atoms with Gasteiger partial charge in [-0.25, -0.2) is 0 Å². The van der Waals surface area contributed by atoms with Crippen molar-refractivity contribution in [1.29, 1.82) is 0 Å². The third-order valence-corrected chi connectivity index (χ3v) is 4.55. The quantitative estimate of drug-likeness (QED) is 0.850. The lowest BCUT2D eigenvalue weighted by Crippen LogP contribution is -2.24. The third-order valence-electron chi connectivity index (χ3n) is 4.30. The normalized spacial score (nSPS) is 19.3. The summed E-state index contributed by atoms with van der Waals surface area (Å²) >= 11 is 5.84. The second-order valence-electron chi connectivity index (χ2n) is 6.91. The highest BCUT2D eigenvalue weighted by molar-refractivity contribution is 6.30. The first-order chi connectivity index (χ1) is 10.8. The van der Waals surface area contributed by atoms with E-state index in [1.54, 1.807) is 24.3 Å². The van der Waals surface area contributed by atoms with Crippen LogP contribution in [0.1, 0.15) is 53.8 Å². The minimum Gasteiger partial charge on any atom is -0.455 e. The van der Waals surface area contributed by atoms with Gasteiger partial charge in [-0.05, 0) is 43.0 Å². The Morgan fingerprint density at radius 2 is 2.00 bits per heavy atom. The Hall–Kier alpha value is -1.78. The molecule has 1 aromatic carbocycles. The number of anilines is 1. The molecule has 1 aromatic heterocycles. The van der Waals surface area contributed by atoms with Crippen molar-refractivity contribution < 1.29 is 14.3 Å². The molecule has 2 N–H and O–H groups in total. The van der Waals surface area contributed by atoms with Crippen molar-refractivity contribution in [2.24, 2.45) is 5.41 Å². The first-order valence-corrected chi connectivity index (χ1v) is 8.02. The van der Waals surface area contributed by atoms with Gasteiger partial charge in [-0.15, -0.1) is 0 Å². The van der Waals surface area contributed by atoms with Crippen LogP contribution in [0.3, 0.4) is 0 Å². The zero-order chi connectivity index (χ0) is 16.8. The molecule has 1 aliphatic rings. The summed E-state index contributed by atoms with van der Waals surface area (Å²) in [6, 6.07) is 6.89. The Balaban J connectivity index is 1.89. The van der Waals surface area contributed by atoms with Gasteiger partial charge in [-0.3, -0.25) is 4.79 Å². The predicted octanol–water partition coefficient (Wildman–Crippen LogP) is 4.50. The van der Waals surface area contributed by atoms with Gasteiger partial charge >= 0.3 is 0 Å². The molecular weight excluding hydrogens is 314 g/mol. The first-order valence-electron chi connectivity index (χ1n) is 7.64. The fourth-order valence-electron chi connectivity index (χ4n) is 3.22. The zero-order valence-electron chi connectivity index (χ0n) is 13.4. The van der Waals surface area contributed by atoms with E-state index in [0.29, 0.717) is 29.3 Å². The third kappa shape index (κ3) is 3.14. The lowest BCUT2D eigenvalue weighted by atomic mass is 9.75. The Morgan fingerprint density at radius 1 is 1.35 bits per heavy atom. The van der Waals surface area contributed by atoms with Gasteiger partial charge in [0.05, 0.1) is 6.10 Å². The van der Waals surface area contributed by atoms with Crippen molar-refractivity contribution in [2.45, 2.75) is 39.7 Å². The van der Waals surface area contributed by atoms with Crippen molar-refractivity contribution in [3.8, 4) is 0 Å². The molecule has 1 heterocycles. The van der Waals surface area contributed by atoms with Crippen LogP contribution in [0.5, 0.6) is 0 Å². The number of rotatable bonds is 2. The summed E-state index contributed by atoms with van der Waals surface area (Å²) in [4.78, 5) is 12.5. The second-order valence-corrected chi connectivity index (χ2v) is 7.35. The molecule has 122 valence electrons. The molecule has 1 aliphatic carbocycles. The van der Waals surface area contributed by atoms with Crippen LogP contribution >= 0.6 is 11.6 Å². The molecule has 0 spiro atoms. The number of nitrogens with one attached hydrogen (secondary N) is 1. The van der Waals surface area contributed by atoms with Gasteiger partial charge in [-0.2, -0.15) is 0 Å². The maximum absolute atomic E-state index is 12.5. The Bertz CT molecular complexity index is 746. The van der Waals surface area contributed by atoms with E-state index in [0.717, 1.165) is 11.1 Å². The molecule has 23 heavy (non-hydrogen) atoms. The number of amides is 1. The molecule has 0 unspecified atom stereocenters. The highest BCUT2D eigenvalue weighted by atomic mass is 35.5. The van der Waals surface area contributed by atoms with Crippen LogP contribution in [0.2, 0.25) is 5.02 Å². The largest absolute Gasteiger partial charge is 0.455 e. The summed E-state index contributed by atoms with van der Waals surface area (Å²) in [7, 11) is 0. The van der Waals surface area contributed by atoms with Crippen molar-refractivity contribution in [3.63, 3.8) is 0 Å². The van der Waals surface area contributed by atoms with E-state index in [1.807, 2.05) is 6.92 Å². The van der Waals surface area contributed by atoms with E-state index in [2.05, 4.69) is 19.2 Å². The van der Waals surface area contributed by atoms with Gasteiger partial charge < -0.3 is 14.8 Å². The van der Waals surface area contributed by atoms with Gasteiger partial charge in [0.2, 0.25) is 0 Å². The molecule has 0 saturated carbocycles. The maximum atomic E-state index is 12.5.